The molecule has 0 spiro atoms. The number of para-hydroxylation sites is 1. The van der Waals surface area contributed by atoms with Gasteiger partial charge in [-0.15, -0.1) is 0 Å². The Morgan fingerprint density at radius 3 is 2.50 bits per heavy atom. The Labute approximate surface area is 94.7 Å². The first-order valence-electron chi connectivity index (χ1n) is 4.94. The fourth-order valence-electron chi connectivity index (χ4n) is 1.23. The molecular formula is C11H17NO4. The molecule has 1 unspecified atom stereocenters. The zero-order chi connectivity index (χ0) is 12.0. The van der Waals surface area contributed by atoms with Gasteiger partial charge in [-0.05, 0) is 12.1 Å². The van der Waals surface area contributed by atoms with Gasteiger partial charge < -0.3 is 25.1 Å². The average molecular weight is 227 g/mol. The molecule has 5 nitrogen and oxygen atoms in total. The lowest BCUT2D eigenvalue weighted by Crippen LogP contribution is -2.26. The van der Waals surface area contributed by atoms with E-state index in [1.807, 2.05) is 0 Å². The molecule has 0 saturated heterocycles. The molecule has 0 saturated carbocycles. The van der Waals surface area contributed by atoms with Gasteiger partial charge in [0.15, 0.2) is 11.5 Å². The van der Waals surface area contributed by atoms with E-state index in [9.17, 15) is 5.11 Å². The van der Waals surface area contributed by atoms with E-state index in [1.165, 1.54) is 7.11 Å². The maximum Gasteiger partial charge on any atom is 0.203 e. The van der Waals surface area contributed by atoms with Crippen molar-refractivity contribution in [3.05, 3.63) is 18.2 Å². The highest BCUT2D eigenvalue weighted by atomic mass is 16.5. The van der Waals surface area contributed by atoms with E-state index in [4.69, 9.17) is 19.9 Å². The standard InChI is InChI=1S/C11H17NO4/c1-14-9-4-3-5-10(11(9)15-2)16-7-8(13)6-12/h3-5,8,13H,6-7,12H2,1-2H3. The van der Waals surface area contributed by atoms with E-state index in [-0.39, 0.29) is 13.2 Å². The maximum absolute atomic E-state index is 9.29. The van der Waals surface area contributed by atoms with E-state index >= 15 is 0 Å². The monoisotopic (exact) mass is 227 g/mol. The lowest BCUT2D eigenvalue weighted by Gasteiger charge is -2.15. The van der Waals surface area contributed by atoms with Crippen molar-refractivity contribution in [1.82, 2.24) is 0 Å². The molecule has 90 valence electrons. The van der Waals surface area contributed by atoms with Crippen LogP contribution in [0.15, 0.2) is 18.2 Å². The molecule has 0 fully saturated rings. The van der Waals surface area contributed by atoms with E-state index < -0.39 is 6.10 Å². The number of aliphatic hydroxyl groups excluding tert-OH is 1. The number of rotatable bonds is 6. The van der Waals surface area contributed by atoms with E-state index in [0.29, 0.717) is 17.2 Å². The molecule has 0 amide bonds. The first-order valence-corrected chi connectivity index (χ1v) is 4.94. The summed E-state index contributed by atoms with van der Waals surface area (Å²) in [6.45, 7) is 0.284. The minimum Gasteiger partial charge on any atom is -0.493 e. The van der Waals surface area contributed by atoms with Gasteiger partial charge in [0, 0.05) is 6.54 Å². The van der Waals surface area contributed by atoms with Crippen molar-refractivity contribution in [3.63, 3.8) is 0 Å². The number of nitrogens with two attached hydrogens (primary N) is 1. The predicted octanol–water partition coefficient (Wildman–Crippen LogP) is 0.402. The van der Waals surface area contributed by atoms with Crippen LogP contribution in [0.3, 0.4) is 0 Å². The second-order valence-electron chi connectivity index (χ2n) is 3.19. The summed E-state index contributed by atoms with van der Waals surface area (Å²) in [4.78, 5) is 0. The smallest absolute Gasteiger partial charge is 0.203 e. The summed E-state index contributed by atoms with van der Waals surface area (Å²) >= 11 is 0. The SMILES string of the molecule is COc1cccc(OCC(O)CN)c1OC. The Balaban J connectivity index is 2.78. The van der Waals surface area contributed by atoms with Gasteiger partial charge >= 0.3 is 0 Å². The number of aliphatic hydroxyl groups is 1. The normalized spacial score (nSPS) is 12.0. The van der Waals surface area contributed by atoms with Crippen molar-refractivity contribution in [2.24, 2.45) is 5.73 Å². The topological polar surface area (TPSA) is 73.9 Å². The van der Waals surface area contributed by atoms with E-state index in [0.717, 1.165) is 0 Å². The fourth-order valence-corrected chi connectivity index (χ4v) is 1.23. The third kappa shape index (κ3) is 3.01. The fraction of sp³-hybridized carbons (Fsp3) is 0.455. The largest absolute Gasteiger partial charge is 0.493 e. The molecule has 1 atom stereocenters. The molecule has 0 bridgehead atoms. The second kappa shape index (κ2) is 6.19. The molecule has 0 heterocycles. The van der Waals surface area contributed by atoms with Crippen molar-refractivity contribution >= 4 is 0 Å². The Morgan fingerprint density at radius 2 is 1.94 bits per heavy atom. The Kier molecular flexibility index (Phi) is 4.88. The molecule has 0 aromatic heterocycles. The van der Waals surface area contributed by atoms with Crippen LogP contribution in [0.1, 0.15) is 0 Å². The molecule has 0 aliphatic carbocycles. The molecule has 5 heteroatoms. The predicted molar refractivity (Wildman–Crippen MR) is 60.1 cm³/mol. The van der Waals surface area contributed by atoms with Gasteiger partial charge in [0.1, 0.15) is 12.7 Å². The third-order valence-corrected chi connectivity index (χ3v) is 2.07. The summed E-state index contributed by atoms with van der Waals surface area (Å²) in [5, 5.41) is 9.29. The highest BCUT2D eigenvalue weighted by Gasteiger charge is 2.11. The van der Waals surface area contributed by atoms with Gasteiger partial charge in [0.05, 0.1) is 14.2 Å². The van der Waals surface area contributed by atoms with Crippen LogP contribution in [-0.4, -0.2) is 38.6 Å². The van der Waals surface area contributed by atoms with Gasteiger partial charge in [-0.25, -0.2) is 0 Å². The summed E-state index contributed by atoms with van der Waals surface area (Å²) in [5.41, 5.74) is 5.28. The molecule has 0 aliphatic heterocycles. The van der Waals surface area contributed by atoms with Crippen LogP contribution in [-0.2, 0) is 0 Å². The highest BCUT2D eigenvalue weighted by Crippen LogP contribution is 2.36. The molecule has 1 aromatic rings. The van der Waals surface area contributed by atoms with Gasteiger partial charge in [-0.2, -0.15) is 0 Å². The van der Waals surface area contributed by atoms with Crippen LogP contribution in [0.5, 0.6) is 17.2 Å². The van der Waals surface area contributed by atoms with Gasteiger partial charge in [0.25, 0.3) is 0 Å². The minimum atomic E-state index is -0.684. The van der Waals surface area contributed by atoms with Crippen molar-refractivity contribution in [2.75, 3.05) is 27.4 Å². The van der Waals surface area contributed by atoms with Crippen LogP contribution in [0, 0.1) is 0 Å². The first-order chi connectivity index (χ1) is 7.72. The van der Waals surface area contributed by atoms with Crippen LogP contribution >= 0.6 is 0 Å². The summed E-state index contributed by atoms with van der Waals surface area (Å²) < 4.78 is 15.7. The number of ether oxygens (including phenoxy) is 3. The highest BCUT2D eigenvalue weighted by molar-refractivity contribution is 5.50. The molecular weight excluding hydrogens is 210 g/mol. The second-order valence-corrected chi connectivity index (χ2v) is 3.19. The minimum absolute atomic E-state index is 0.125. The molecule has 3 N–H and O–H groups in total. The average Bonchev–Trinajstić information content (AvgIpc) is 2.34. The van der Waals surface area contributed by atoms with Crippen molar-refractivity contribution in [3.8, 4) is 17.2 Å². The molecule has 0 aliphatic rings. The zero-order valence-electron chi connectivity index (χ0n) is 9.47. The van der Waals surface area contributed by atoms with E-state index in [1.54, 1.807) is 25.3 Å². The molecule has 1 rings (SSSR count). The summed E-state index contributed by atoms with van der Waals surface area (Å²) in [7, 11) is 3.08. The Hall–Kier alpha value is -1.46. The quantitative estimate of drug-likeness (QED) is 0.736. The Morgan fingerprint density at radius 1 is 1.25 bits per heavy atom. The van der Waals surface area contributed by atoms with Crippen molar-refractivity contribution < 1.29 is 19.3 Å². The number of benzene rings is 1. The number of methoxy groups -OCH3 is 2. The summed E-state index contributed by atoms with van der Waals surface area (Å²) in [5.74, 6) is 1.62. The van der Waals surface area contributed by atoms with Gasteiger partial charge in [-0.3, -0.25) is 0 Å². The van der Waals surface area contributed by atoms with Gasteiger partial charge in [-0.1, -0.05) is 6.07 Å². The third-order valence-electron chi connectivity index (χ3n) is 2.07. The maximum atomic E-state index is 9.29. The number of hydrogen-bond donors (Lipinski definition) is 2. The van der Waals surface area contributed by atoms with Crippen LogP contribution in [0.4, 0.5) is 0 Å². The van der Waals surface area contributed by atoms with Crippen molar-refractivity contribution in [2.45, 2.75) is 6.10 Å². The van der Waals surface area contributed by atoms with Crippen molar-refractivity contribution in [1.29, 1.82) is 0 Å². The lowest BCUT2D eigenvalue weighted by molar-refractivity contribution is 0.112. The summed E-state index contributed by atoms with van der Waals surface area (Å²) in [6.07, 6.45) is -0.684. The zero-order valence-corrected chi connectivity index (χ0v) is 9.47. The first kappa shape index (κ1) is 12.6. The molecule has 0 radical (unpaired) electrons. The van der Waals surface area contributed by atoms with Crippen LogP contribution in [0.25, 0.3) is 0 Å². The molecule has 16 heavy (non-hydrogen) atoms. The van der Waals surface area contributed by atoms with E-state index in [2.05, 4.69) is 0 Å². The number of hydrogen-bond acceptors (Lipinski definition) is 5. The molecule has 1 aromatic carbocycles. The van der Waals surface area contributed by atoms with Crippen LogP contribution < -0.4 is 19.9 Å². The van der Waals surface area contributed by atoms with Crippen LogP contribution in [0.2, 0.25) is 0 Å². The van der Waals surface area contributed by atoms with Gasteiger partial charge in [0.2, 0.25) is 5.75 Å². The summed E-state index contributed by atoms with van der Waals surface area (Å²) in [6, 6.07) is 5.29. The Bertz CT molecular complexity index is 330. The lowest BCUT2D eigenvalue weighted by atomic mass is 10.3.